The molecule has 0 unspecified atom stereocenters. The molecule has 2 bridgehead atoms. The minimum Gasteiger partial charge on any atom is -0.459 e. The maximum absolute atomic E-state index is 12.7. The molecular weight excluding hydrogens is 432 g/mol. The van der Waals surface area contributed by atoms with E-state index in [1.807, 2.05) is 6.92 Å². The van der Waals surface area contributed by atoms with E-state index in [0.717, 1.165) is 25.7 Å². The molecule has 6 heteroatoms. The van der Waals surface area contributed by atoms with Gasteiger partial charge in [0.2, 0.25) is 0 Å². The monoisotopic (exact) mass is 480 g/mol. The summed E-state index contributed by atoms with van der Waals surface area (Å²) < 4.78 is 5.49. The summed E-state index contributed by atoms with van der Waals surface area (Å²) in [5.41, 5.74) is -0.391. The molecule has 0 radical (unpaired) electrons. The number of aliphatic hydroxyl groups excluding tert-OH is 4. The number of aliphatic hydroxyl groups is 4. The van der Waals surface area contributed by atoms with Crippen LogP contribution in [0.4, 0.5) is 0 Å². The fourth-order valence-electron chi connectivity index (χ4n) is 9.04. The number of carbonyl (C=O) groups is 1. The minimum absolute atomic E-state index is 0.0204. The first-order valence-electron chi connectivity index (χ1n) is 13.7. The average Bonchev–Trinajstić information content (AvgIpc) is 3.33. The van der Waals surface area contributed by atoms with Crippen LogP contribution in [0.25, 0.3) is 0 Å². The quantitative estimate of drug-likeness (QED) is 0.416. The highest BCUT2D eigenvalue weighted by Crippen LogP contribution is 2.66. The Morgan fingerprint density at radius 2 is 1.65 bits per heavy atom. The summed E-state index contributed by atoms with van der Waals surface area (Å²) in [6.45, 7) is 12.8. The summed E-state index contributed by atoms with van der Waals surface area (Å²) in [6.07, 6.45) is 2.49. The summed E-state index contributed by atoms with van der Waals surface area (Å²) in [7, 11) is 0. The van der Waals surface area contributed by atoms with Crippen molar-refractivity contribution in [1.82, 2.24) is 0 Å². The molecule has 13 atom stereocenters. The van der Waals surface area contributed by atoms with E-state index in [9.17, 15) is 25.2 Å². The number of hydrogen-bond acceptors (Lipinski definition) is 6. The first kappa shape index (κ1) is 26.4. The largest absolute Gasteiger partial charge is 0.459 e. The Bertz CT molecular complexity index is 755. The maximum atomic E-state index is 12.7. The Hall–Kier alpha value is -0.690. The summed E-state index contributed by atoms with van der Waals surface area (Å²) in [5, 5.41) is 43.4. The zero-order valence-corrected chi connectivity index (χ0v) is 22.0. The van der Waals surface area contributed by atoms with Crippen molar-refractivity contribution >= 4 is 5.97 Å². The molecule has 0 aromatic carbocycles. The van der Waals surface area contributed by atoms with Crippen LogP contribution < -0.4 is 0 Å². The molecule has 1 saturated heterocycles. The molecule has 4 fully saturated rings. The van der Waals surface area contributed by atoms with Crippen molar-refractivity contribution in [1.29, 1.82) is 0 Å². The van der Waals surface area contributed by atoms with Gasteiger partial charge in [0.25, 0.3) is 0 Å². The Kier molecular flexibility index (Phi) is 7.23. The lowest BCUT2D eigenvalue weighted by molar-refractivity contribution is -0.149. The minimum atomic E-state index is -0.764. The number of ether oxygens (including phenoxy) is 1. The van der Waals surface area contributed by atoms with Gasteiger partial charge in [0, 0.05) is 13.0 Å². The SMILES string of the molecule is CC(C)[C@H](C)[C@@H](O)[C@H](O)[C@@H](C)[C@H]1CC[C@H]2[C@H](CO)[C@@H]([C@@]3(C)C[C@@H](O)[C@@H]4C[C@H]3C(=O)O4)CC[C@]12C. The topological polar surface area (TPSA) is 107 Å². The van der Waals surface area contributed by atoms with Gasteiger partial charge in [0.05, 0.1) is 24.2 Å². The molecule has 0 aromatic heterocycles. The summed E-state index contributed by atoms with van der Waals surface area (Å²) >= 11 is 0. The van der Waals surface area contributed by atoms with Crippen LogP contribution in [0.3, 0.4) is 0 Å². The van der Waals surface area contributed by atoms with Gasteiger partial charge < -0.3 is 25.2 Å². The Morgan fingerprint density at radius 3 is 2.26 bits per heavy atom. The summed E-state index contributed by atoms with van der Waals surface area (Å²) in [5.74, 6) is 0.726. The zero-order chi connectivity index (χ0) is 25.2. The first-order valence-corrected chi connectivity index (χ1v) is 13.7. The molecule has 3 saturated carbocycles. The fourth-order valence-corrected chi connectivity index (χ4v) is 9.04. The molecule has 0 spiro atoms. The van der Waals surface area contributed by atoms with E-state index in [0.29, 0.717) is 24.7 Å². The summed E-state index contributed by atoms with van der Waals surface area (Å²) in [6, 6.07) is 0. The van der Waals surface area contributed by atoms with Gasteiger partial charge in [-0.2, -0.15) is 0 Å². The van der Waals surface area contributed by atoms with Gasteiger partial charge in [0.1, 0.15) is 6.10 Å². The molecule has 0 amide bonds. The molecule has 3 aliphatic carbocycles. The van der Waals surface area contributed by atoms with E-state index >= 15 is 0 Å². The molecule has 196 valence electrons. The van der Waals surface area contributed by atoms with Crippen LogP contribution in [-0.4, -0.2) is 57.4 Å². The molecule has 4 aliphatic rings. The van der Waals surface area contributed by atoms with Crippen LogP contribution in [0.5, 0.6) is 0 Å². The Labute approximate surface area is 205 Å². The second-order valence-electron chi connectivity index (χ2n) is 13.3. The predicted molar refractivity (Wildman–Crippen MR) is 130 cm³/mol. The van der Waals surface area contributed by atoms with E-state index < -0.39 is 18.3 Å². The standard InChI is InChI=1S/C28H48O6/c1-14(2)15(3)24(31)25(32)16(4)18-7-8-19-17(13-29)20(9-10-27(18,19)5)28(6)12-22(30)23-11-21(28)26(33)34-23/h14-25,29-32H,7-13H2,1-6H3/t15-,16-,17-,18+,19-,20-,21-,22+,23-,24+,25+,27+,28+/m0/s1. The molecular formula is C28H48O6. The van der Waals surface area contributed by atoms with Crippen LogP contribution in [0, 0.1) is 58.2 Å². The van der Waals surface area contributed by atoms with Crippen molar-refractivity contribution in [2.45, 2.75) is 104 Å². The number of fused-ring (bicyclic) bond motifs is 3. The number of carbonyl (C=O) groups excluding carboxylic acids is 1. The van der Waals surface area contributed by atoms with Crippen molar-refractivity contribution in [2.24, 2.45) is 58.2 Å². The lowest BCUT2D eigenvalue weighted by atomic mass is 9.48. The number of esters is 1. The normalized spacial score (nSPS) is 47.7. The van der Waals surface area contributed by atoms with Gasteiger partial charge in [0.15, 0.2) is 0 Å². The van der Waals surface area contributed by atoms with E-state index in [2.05, 4.69) is 34.6 Å². The maximum Gasteiger partial charge on any atom is 0.310 e. The fraction of sp³-hybridized carbons (Fsp3) is 0.964. The highest BCUT2D eigenvalue weighted by molar-refractivity contribution is 5.76. The van der Waals surface area contributed by atoms with Gasteiger partial charge in [-0.05, 0) is 84.4 Å². The third-order valence-corrected chi connectivity index (χ3v) is 11.6. The van der Waals surface area contributed by atoms with Gasteiger partial charge >= 0.3 is 5.97 Å². The van der Waals surface area contributed by atoms with E-state index in [1.165, 1.54) is 0 Å². The van der Waals surface area contributed by atoms with Crippen LogP contribution in [0.15, 0.2) is 0 Å². The Morgan fingerprint density at radius 1 is 1.00 bits per heavy atom. The lowest BCUT2D eigenvalue weighted by Gasteiger charge is -2.56. The lowest BCUT2D eigenvalue weighted by Crippen LogP contribution is -2.54. The molecule has 4 rings (SSSR count). The second kappa shape index (κ2) is 9.32. The van der Waals surface area contributed by atoms with Crippen LogP contribution in [0.1, 0.15) is 80.1 Å². The third-order valence-electron chi connectivity index (χ3n) is 11.6. The third kappa shape index (κ3) is 3.95. The van der Waals surface area contributed by atoms with E-state index in [4.69, 9.17) is 4.74 Å². The zero-order valence-electron chi connectivity index (χ0n) is 22.0. The van der Waals surface area contributed by atoms with E-state index in [-0.39, 0.29) is 65.0 Å². The van der Waals surface area contributed by atoms with Crippen molar-refractivity contribution in [3.8, 4) is 0 Å². The number of hydrogen-bond donors (Lipinski definition) is 4. The average molecular weight is 481 g/mol. The predicted octanol–water partition coefficient (Wildman–Crippen LogP) is 3.39. The van der Waals surface area contributed by atoms with Gasteiger partial charge in [-0.1, -0.05) is 41.5 Å². The van der Waals surface area contributed by atoms with Crippen molar-refractivity contribution in [3.05, 3.63) is 0 Å². The molecule has 4 N–H and O–H groups in total. The van der Waals surface area contributed by atoms with Gasteiger partial charge in [-0.3, -0.25) is 4.79 Å². The van der Waals surface area contributed by atoms with Gasteiger partial charge in [-0.15, -0.1) is 0 Å². The highest BCUT2D eigenvalue weighted by Gasteiger charge is 2.63. The van der Waals surface area contributed by atoms with Crippen molar-refractivity contribution in [2.75, 3.05) is 6.61 Å². The smallest absolute Gasteiger partial charge is 0.310 e. The second-order valence-corrected chi connectivity index (χ2v) is 13.3. The summed E-state index contributed by atoms with van der Waals surface area (Å²) in [4.78, 5) is 12.7. The first-order chi connectivity index (χ1) is 15.9. The highest BCUT2D eigenvalue weighted by atomic mass is 16.6. The van der Waals surface area contributed by atoms with Crippen molar-refractivity contribution in [3.63, 3.8) is 0 Å². The van der Waals surface area contributed by atoms with E-state index in [1.54, 1.807) is 0 Å². The Balaban J connectivity index is 1.55. The van der Waals surface area contributed by atoms with Crippen molar-refractivity contribution < 1.29 is 30.0 Å². The van der Waals surface area contributed by atoms with Gasteiger partial charge in [-0.25, -0.2) is 0 Å². The molecule has 6 nitrogen and oxygen atoms in total. The van der Waals surface area contributed by atoms with Crippen LogP contribution >= 0.6 is 0 Å². The molecule has 1 heterocycles. The molecule has 34 heavy (non-hydrogen) atoms. The van der Waals surface area contributed by atoms with Crippen LogP contribution in [-0.2, 0) is 9.53 Å². The molecule has 0 aromatic rings. The molecule has 1 aliphatic heterocycles. The number of rotatable bonds is 7. The van der Waals surface area contributed by atoms with Crippen LogP contribution in [0.2, 0.25) is 0 Å².